The lowest BCUT2D eigenvalue weighted by Crippen LogP contribution is -2.17. The molecule has 1 aromatic carbocycles. The molecule has 0 bridgehead atoms. The highest BCUT2D eigenvalue weighted by atomic mass is 79.9. The third-order valence-electron chi connectivity index (χ3n) is 2.83. The van der Waals surface area contributed by atoms with Gasteiger partial charge in [-0.15, -0.1) is 0 Å². The average Bonchev–Trinajstić information content (AvgIpc) is 2.38. The molecule has 2 aromatic rings. The van der Waals surface area contributed by atoms with Crippen molar-refractivity contribution in [1.29, 1.82) is 0 Å². The summed E-state index contributed by atoms with van der Waals surface area (Å²) in [7, 11) is 0. The van der Waals surface area contributed by atoms with E-state index in [0.717, 1.165) is 10.3 Å². The van der Waals surface area contributed by atoms with Crippen LogP contribution >= 0.6 is 31.9 Å². The smallest absolute Gasteiger partial charge is 0.137 e. The number of rotatable bonds is 3. The van der Waals surface area contributed by atoms with Gasteiger partial charge in [-0.05, 0) is 34.1 Å². The Labute approximate surface area is 140 Å². The van der Waals surface area contributed by atoms with E-state index < -0.39 is 0 Å². The Morgan fingerprint density at radius 3 is 2.52 bits per heavy atom. The van der Waals surface area contributed by atoms with E-state index in [9.17, 15) is 4.39 Å². The van der Waals surface area contributed by atoms with Crippen LogP contribution in [0.3, 0.4) is 0 Å². The van der Waals surface area contributed by atoms with Crippen molar-refractivity contribution in [3.05, 3.63) is 50.5 Å². The molecule has 0 saturated carbocycles. The summed E-state index contributed by atoms with van der Waals surface area (Å²) in [6.07, 6.45) is 0. The lowest BCUT2D eigenvalue weighted by atomic mass is 9.96. The van der Waals surface area contributed by atoms with E-state index in [4.69, 9.17) is 0 Å². The molecule has 0 spiro atoms. The third kappa shape index (κ3) is 4.48. The predicted molar refractivity (Wildman–Crippen MR) is 89.9 cm³/mol. The summed E-state index contributed by atoms with van der Waals surface area (Å²) in [6, 6.07) is 6.66. The largest absolute Gasteiger partial charge is 0.366 e. The molecule has 6 heteroatoms. The lowest BCUT2D eigenvalue weighted by molar-refractivity contribution is 0.544. The summed E-state index contributed by atoms with van der Waals surface area (Å²) in [6.45, 7) is 6.50. The van der Waals surface area contributed by atoms with Gasteiger partial charge in [0.1, 0.15) is 22.1 Å². The summed E-state index contributed by atoms with van der Waals surface area (Å²) < 4.78 is 15.3. The normalized spacial score (nSPS) is 11.5. The van der Waals surface area contributed by atoms with Gasteiger partial charge >= 0.3 is 0 Å². The predicted octanol–water partition coefficient (Wildman–Crippen LogP) is 5.05. The first kappa shape index (κ1) is 16.4. The Morgan fingerprint density at radius 2 is 1.86 bits per heavy atom. The summed E-state index contributed by atoms with van der Waals surface area (Å²) in [5.74, 6) is 1.16. The molecule has 0 aliphatic carbocycles. The highest BCUT2D eigenvalue weighted by Crippen LogP contribution is 2.23. The maximum absolute atomic E-state index is 13.7. The lowest BCUT2D eigenvalue weighted by Gasteiger charge is -2.18. The number of anilines is 1. The maximum Gasteiger partial charge on any atom is 0.137 e. The molecule has 1 heterocycles. The molecule has 21 heavy (non-hydrogen) atoms. The highest BCUT2D eigenvalue weighted by molar-refractivity contribution is 9.10. The van der Waals surface area contributed by atoms with Crippen LogP contribution in [0.15, 0.2) is 33.3 Å². The summed E-state index contributed by atoms with van der Waals surface area (Å²) in [5, 5.41) is 3.14. The van der Waals surface area contributed by atoms with Crippen molar-refractivity contribution in [1.82, 2.24) is 9.97 Å². The topological polar surface area (TPSA) is 37.8 Å². The van der Waals surface area contributed by atoms with E-state index in [0.29, 0.717) is 22.5 Å². The molecule has 3 nitrogen and oxygen atoms in total. The van der Waals surface area contributed by atoms with Gasteiger partial charge in [-0.1, -0.05) is 36.7 Å². The van der Waals surface area contributed by atoms with E-state index in [1.165, 1.54) is 6.07 Å². The minimum Gasteiger partial charge on any atom is -0.366 e. The quantitative estimate of drug-likeness (QED) is 0.711. The molecule has 1 N–H and O–H groups in total. The molecule has 1 aromatic heterocycles. The third-order valence-corrected chi connectivity index (χ3v) is 3.73. The Kier molecular flexibility index (Phi) is 4.99. The fourth-order valence-corrected chi connectivity index (χ4v) is 2.50. The number of hydrogen-bond acceptors (Lipinski definition) is 3. The van der Waals surface area contributed by atoms with Gasteiger partial charge in [0.05, 0.1) is 0 Å². The van der Waals surface area contributed by atoms with Crippen molar-refractivity contribution >= 4 is 37.7 Å². The SMILES string of the molecule is CC(C)(C)c1nc(Br)cc(NCc2cc(Br)ccc2F)n1. The maximum atomic E-state index is 13.7. The molecule has 0 aliphatic heterocycles. The minimum absolute atomic E-state index is 0.152. The van der Waals surface area contributed by atoms with Crippen LogP contribution in [0, 0.1) is 5.82 Å². The fourth-order valence-electron chi connectivity index (χ4n) is 1.71. The second-order valence-electron chi connectivity index (χ2n) is 5.74. The van der Waals surface area contributed by atoms with Crippen molar-refractivity contribution in [3.8, 4) is 0 Å². The molecule has 0 amide bonds. The highest BCUT2D eigenvalue weighted by Gasteiger charge is 2.18. The molecule has 0 radical (unpaired) electrons. The number of nitrogens with one attached hydrogen (secondary N) is 1. The second-order valence-corrected chi connectivity index (χ2v) is 7.47. The van der Waals surface area contributed by atoms with Gasteiger partial charge in [-0.3, -0.25) is 0 Å². The van der Waals surface area contributed by atoms with Crippen LogP contribution in [-0.4, -0.2) is 9.97 Å². The molecule has 112 valence electrons. The minimum atomic E-state index is -0.241. The number of nitrogens with zero attached hydrogens (tertiary/aromatic N) is 2. The molecule has 0 fully saturated rings. The van der Waals surface area contributed by atoms with Crippen molar-refractivity contribution < 1.29 is 4.39 Å². The monoisotopic (exact) mass is 415 g/mol. The first-order valence-corrected chi connectivity index (χ1v) is 8.07. The first-order chi connectivity index (χ1) is 9.75. The van der Waals surface area contributed by atoms with Gasteiger partial charge in [0, 0.05) is 28.1 Å². The van der Waals surface area contributed by atoms with Crippen LogP contribution in [0.25, 0.3) is 0 Å². The van der Waals surface area contributed by atoms with Crippen LogP contribution in [0.2, 0.25) is 0 Å². The summed E-state index contributed by atoms with van der Waals surface area (Å²) >= 11 is 6.73. The van der Waals surface area contributed by atoms with E-state index in [2.05, 4.69) is 47.1 Å². The standard InChI is InChI=1S/C15H16Br2FN3/c1-15(2,3)14-20-12(17)7-13(21-14)19-8-9-6-10(16)4-5-11(9)18/h4-7H,8H2,1-3H3,(H,19,20,21). The van der Waals surface area contributed by atoms with E-state index in [-0.39, 0.29) is 11.2 Å². The van der Waals surface area contributed by atoms with Gasteiger partial charge in [0.2, 0.25) is 0 Å². The van der Waals surface area contributed by atoms with Gasteiger partial charge < -0.3 is 5.32 Å². The number of benzene rings is 1. The Bertz CT molecular complexity index is 654. The van der Waals surface area contributed by atoms with E-state index in [1.807, 2.05) is 20.8 Å². The zero-order chi connectivity index (χ0) is 15.6. The van der Waals surface area contributed by atoms with Crippen molar-refractivity contribution in [3.63, 3.8) is 0 Å². The molecule has 0 atom stereocenters. The zero-order valence-corrected chi connectivity index (χ0v) is 15.2. The molecule has 0 saturated heterocycles. The van der Waals surface area contributed by atoms with Crippen LogP contribution in [0.5, 0.6) is 0 Å². The van der Waals surface area contributed by atoms with Crippen LogP contribution in [-0.2, 0) is 12.0 Å². The second kappa shape index (κ2) is 6.40. The summed E-state index contributed by atoms with van der Waals surface area (Å²) in [4.78, 5) is 8.86. The Balaban J connectivity index is 2.20. The van der Waals surface area contributed by atoms with Crippen LogP contribution in [0.4, 0.5) is 10.2 Å². The first-order valence-electron chi connectivity index (χ1n) is 6.48. The zero-order valence-electron chi connectivity index (χ0n) is 12.0. The van der Waals surface area contributed by atoms with Crippen molar-refractivity contribution in [2.24, 2.45) is 0 Å². The van der Waals surface area contributed by atoms with E-state index >= 15 is 0 Å². The van der Waals surface area contributed by atoms with Gasteiger partial charge in [-0.25, -0.2) is 14.4 Å². The van der Waals surface area contributed by atoms with Gasteiger partial charge in [-0.2, -0.15) is 0 Å². The molecule has 0 unspecified atom stereocenters. The Morgan fingerprint density at radius 1 is 1.14 bits per heavy atom. The van der Waals surface area contributed by atoms with Crippen molar-refractivity contribution in [2.75, 3.05) is 5.32 Å². The van der Waals surface area contributed by atoms with Gasteiger partial charge in [0.15, 0.2) is 0 Å². The molecule has 0 aliphatic rings. The summed E-state index contributed by atoms with van der Waals surface area (Å²) in [5.41, 5.74) is 0.428. The van der Waals surface area contributed by atoms with E-state index in [1.54, 1.807) is 18.2 Å². The number of halogens is 3. The number of aromatic nitrogens is 2. The van der Waals surface area contributed by atoms with Gasteiger partial charge in [0.25, 0.3) is 0 Å². The molecular weight excluding hydrogens is 401 g/mol. The Hall–Kier alpha value is -1.01. The van der Waals surface area contributed by atoms with Crippen LogP contribution in [0.1, 0.15) is 32.2 Å². The molecular formula is C15H16Br2FN3. The average molecular weight is 417 g/mol. The van der Waals surface area contributed by atoms with Crippen LogP contribution < -0.4 is 5.32 Å². The van der Waals surface area contributed by atoms with Crippen molar-refractivity contribution in [2.45, 2.75) is 32.7 Å². The molecule has 2 rings (SSSR count). The number of hydrogen-bond donors (Lipinski definition) is 1. The fraction of sp³-hybridized carbons (Fsp3) is 0.333.